The van der Waals surface area contributed by atoms with E-state index in [1.54, 1.807) is 0 Å². The van der Waals surface area contributed by atoms with Gasteiger partial charge in [0.15, 0.2) is 0 Å². The molecule has 3 rings (SSSR count). The summed E-state index contributed by atoms with van der Waals surface area (Å²) in [6.07, 6.45) is 3.10. The van der Waals surface area contributed by atoms with Crippen LogP contribution in [0, 0.1) is 0 Å². The van der Waals surface area contributed by atoms with Crippen LogP contribution in [-0.4, -0.2) is 29.6 Å². The fourth-order valence-electron chi connectivity index (χ4n) is 2.43. The zero-order chi connectivity index (χ0) is 13.2. The number of carbonyl (C=O) groups excluding carboxylic acids is 1. The fourth-order valence-corrected chi connectivity index (χ4v) is 2.43. The van der Waals surface area contributed by atoms with Gasteiger partial charge in [-0.05, 0) is 37.1 Å². The first-order chi connectivity index (χ1) is 9.26. The second-order valence-corrected chi connectivity index (χ2v) is 4.83. The van der Waals surface area contributed by atoms with E-state index in [4.69, 9.17) is 10.5 Å². The van der Waals surface area contributed by atoms with Crippen LogP contribution >= 0.6 is 0 Å². The summed E-state index contributed by atoms with van der Waals surface area (Å²) in [5.41, 5.74) is 7.38. The van der Waals surface area contributed by atoms with Gasteiger partial charge in [0.05, 0.1) is 6.10 Å². The zero-order valence-corrected chi connectivity index (χ0v) is 10.6. The van der Waals surface area contributed by atoms with Crippen molar-refractivity contribution in [3.05, 3.63) is 30.5 Å². The van der Waals surface area contributed by atoms with Crippen molar-refractivity contribution in [2.24, 2.45) is 5.73 Å². The van der Waals surface area contributed by atoms with E-state index in [-0.39, 0.29) is 18.1 Å². The quantitative estimate of drug-likeness (QED) is 0.783. The number of nitrogens with two attached hydrogens (primary N) is 1. The van der Waals surface area contributed by atoms with Gasteiger partial charge in [-0.25, -0.2) is 0 Å². The highest BCUT2D eigenvalue weighted by atomic mass is 16.5. The number of anilines is 1. The number of H-pyrrole nitrogens is 1. The molecular weight excluding hydrogens is 242 g/mol. The van der Waals surface area contributed by atoms with E-state index in [0.29, 0.717) is 6.54 Å². The van der Waals surface area contributed by atoms with Gasteiger partial charge in [-0.15, -0.1) is 0 Å². The third-order valence-corrected chi connectivity index (χ3v) is 3.48. The summed E-state index contributed by atoms with van der Waals surface area (Å²) in [4.78, 5) is 15.2. The van der Waals surface area contributed by atoms with Crippen molar-refractivity contribution in [3.63, 3.8) is 0 Å². The Hall–Kier alpha value is -1.85. The molecule has 0 bridgehead atoms. The molecule has 4 N–H and O–H groups in total. The molecule has 1 amide bonds. The molecule has 0 saturated carbocycles. The Balaban J connectivity index is 1.68. The summed E-state index contributed by atoms with van der Waals surface area (Å²) in [6.45, 7) is 0.471. The predicted molar refractivity (Wildman–Crippen MR) is 73.9 cm³/mol. The second-order valence-electron chi connectivity index (χ2n) is 4.83. The van der Waals surface area contributed by atoms with E-state index < -0.39 is 0 Å². The molecule has 19 heavy (non-hydrogen) atoms. The molecule has 1 aliphatic heterocycles. The summed E-state index contributed by atoms with van der Waals surface area (Å²) < 4.78 is 5.57. The molecular formula is C14H17N3O2. The maximum Gasteiger partial charge on any atom is 0.253 e. The summed E-state index contributed by atoms with van der Waals surface area (Å²) in [7, 11) is 0. The Labute approximate surface area is 111 Å². The van der Waals surface area contributed by atoms with Crippen LogP contribution in [0.5, 0.6) is 0 Å². The SMILES string of the molecule is NCC1CCC(C(=O)Nc2ccc3[nH]ccc3c2)O1. The van der Waals surface area contributed by atoms with Gasteiger partial charge < -0.3 is 20.8 Å². The third kappa shape index (κ3) is 2.47. The Morgan fingerprint density at radius 3 is 3.11 bits per heavy atom. The average molecular weight is 259 g/mol. The second kappa shape index (κ2) is 5.03. The largest absolute Gasteiger partial charge is 0.364 e. The molecule has 2 aromatic rings. The van der Waals surface area contributed by atoms with Crippen molar-refractivity contribution in [3.8, 4) is 0 Å². The third-order valence-electron chi connectivity index (χ3n) is 3.48. The van der Waals surface area contributed by atoms with Gasteiger partial charge in [-0.3, -0.25) is 4.79 Å². The van der Waals surface area contributed by atoms with Gasteiger partial charge in [0, 0.05) is 29.3 Å². The van der Waals surface area contributed by atoms with E-state index in [1.165, 1.54) is 0 Å². The minimum atomic E-state index is -0.379. The van der Waals surface area contributed by atoms with Crippen molar-refractivity contribution in [1.82, 2.24) is 4.98 Å². The number of amides is 1. The zero-order valence-electron chi connectivity index (χ0n) is 10.6. The molecule has 1 aromatic heterocycles. The number of benzene rings is 1. The summed E-state index contributed by atoms with van der Waals surface area (Å²) in [5.74, 6) is -0.0918. The number of hydrogen-bond acceptors (Lipinski definition) is 3. The van der Waals surface area contributed by atoms with Crippen LogP contribution in [0.4, 0.5) is 5.69 Å². The number of nitrogens with one attached hydrogen (secondary N) is 2. The van der Waals surface area contributed by atoms with Crippen LogP contribution < -0.4 is 11.1 Å². The molecule has 100 valence electrons. The number of aromatic amines is 1. The number of fused-ring (bicyclic) bond motifs is 1. The van der Waals surface area contributed by atoms with Crippen LogP contribution in [0.25, 0.3) is 10.9 Å². The van der Waals surface area contributed by atoms with Crippen molar-refractivity contribution < 1.29 is 9.53 Å². The lowest BCUT2D eigenvalue weighted by Crippen LogP contribution is -2.29. The summed E-state index contributed by atoms with van der Waals surface area (Å²) >= 11 is 0. The maximum absolute atomic E-state index is 12.1. The smallest absolute Gasteiger partial charge is 0.253 e. The molecule has 0 spiro atoms. The number of ether oxygens (including phenoxy) is 1. The molecule has 1 aliphatic rings. The van der Waals surface area contributed by atoms with Crippen LogP contribution in [0.3, 0.4) is 0 Å². The molecule has 1 aromatic carbocycles. The molecule has 0 aliphatic carbocycles. The van der Waals surface area contributed by atoms with E-state index in [1.807, 2.05) is 30.5 Å². The summed E-state index contributed by atoms with van der Waals surface area (Å²) in [5, 5.41) is 3.97. The van der Waals surface area contributed by atoms with Gasteiger partial charge in [-0.2, -0.15) is 0 Å². The lowest BCUT2D eigenvalue weighted by atomic mass is 10.2. The van der Waals surface area contributed by atoms with Crippen LogP contribution in [0.2, 0.25) is 0 Å². The highest BCUT2D eigenvalue weighted by Gasteiger charge is 2.29. The number of hydrogen-bond donors (Lipinski definition) is 3. The Kier molecular flexibility index (Phi) is 3.23. The predicted octanol–water partition coefficient (Wildman–Crippen LogP) is 1.61. The standard InChI is InChI=1S/C14H17N3O2/c15-8-11-2-4-13(19-11)14(18)17-10-1-3-12-9(7-10)5-6-16-12/h1,3,5-7,11,13,16H,2,4,8,15H2,(H,17,18). The molecule has 1 saturated heterocycles. The van der Waals surface area contributed by atoms with Gasteiger partial charge in [0.25, 0.3) is 5.91 Å². The monoisotopic (exact) mass is 259 g/mol. The van der Waals surface area contributed by atoms with Crippen LogP contribution in [0.15, 0.2) is 30.5 Å². The average Bonchev–Trinajstić information content (AvgIpc) is 3.06. The van der Waals surface area contributed by atoms with Crippen molar-refractivity contribution >= 4 is 22.5 Å². The first kappa shape index (κ1) is 12.2. The minimum Gasteiger partial charge on any atom is -0.364 e. The van der Waals surface area contributed by atoms with Gasteiger partial charge in [-0.1, -0.05) is 0 Å². The normalized spacial score (nSPS) is 22.8. The van der Waals surface area contributed by atoms with E-state index in [0.717, 1.165) is 29.4 Å². The first-order valence-corrected chi connectivity index (χ1v) is 6.50. The van der Waals surface area contributed by atoms with E-state index >= 15 is 0 Å². The molecule has 2 atom stereocenters. The molecule has 1 fully saturated rings. The lowest BCUT2D eigenvalue weighted by molar-refractivity contribution is -0.126. The Bertz CT molecular complexity index is 593. The highest BCUT2D eigenvalue weighted by Crippen LogP contribution is 2.22. The fraction of sp³-hybridized carbons (Fsp3) is 0.357. The lowest BCUT2D eigenvalue weighted by Gasteiger charge is -2.12. The van der Waals surface area contributed by atoms with Crippen molar-refractivity contribution in [1.29, 1.82) is 0 Å². The number of aromatic nitrogens is 1. The number of rotatable bonds is 3. The Morgan fingerprint density at radius 2 is 2.32 bits per heavy atom. The topological polar surface area (TPSA) is 80.1 Å². The van der Waals surface area contributed by atoms with Crippen molar-refractivity contribution in [2.45, 2.75) is 25.0 Å². The molecule has 5 heteroatoms. The highest BCUT2D eigenvalue weighted by molar-refractivity contribution is 5.96. The maximum atomic E-state index is 12.1. The first-order valence-electron chi connectivity index (χ1n) is 6.50. The van der Waals surface area contributed by atoms with Gasteiger partial charge >= 0.3 is 0 Å². The van der Waals surface area contributed by atoms with Crippen molar-refractivity contribution in [2.75, 3.05) is 11.9 Å². The van der Waals surface area contributed by atoms with Gasteiger partial charge in [0.2, 0.25) is 0 Å². The minimum absolute atomic E-state index is 0.0166. The number of carbonyl (C=O) groups is 1. The molecule has 2 unspecified atom stereocenters. The van der Waals surface area contributed by atoms with Crippen LogP contribution in [0.1, 0.15) is 12.8 Å². The van der Waals surface area contributed by atoms with E-state index in [9.17, 15) is 4.79 Å². The molecule has 5 nitrogen and oxygen atoms in total. The molecule has 2 heterocycles. The molecule has 0 radical (unpaired) electrons. The van der Waals surface area contributed by atoms with E-state index in [2.05, 4.69) is 10.3 Å². The summed E-state index contributed by atoms with van der Waals surface area (Å²) in [6, 6.07) is 7.75. The Morgan fingerprint density at radius 1 is 1.42 bits per heavy atom. The van der Waals surface area contributed by atoms with Gasteiger partial charge in [0.1, 0.15) is 6.10 Å². The van der Waals surface area contributed by atoms with Crippen LogP contribution in [-0.2, 0) is 9.53 Å².